The number of hydrogen-bond acceptors (Lipinski definition) is 6. The van der Waals surface area contributed by atoms with Crippen LogP contribution in [0, 0.1) is 106 Å². The molecule has 6 aromatic heterocycles. The zero-order chi connectivity index (χ0) is 78.0. The molecule has 5 radical (unpaired) electrons. The number of rotatable bonds is 11. The summed E-state index contributed by atoms with van der Waals surface area (Å²) in [6.07, 6.45) is 11.2. The van der Waals surface area contributed by atoms with Gasteiger partial charge >= 0.3 is 0 Å². The maximum Gasteiger partial charge on any atom is 0.0242 e. The van der Waals surface area contributed by atoms with Gasteiger partial charge in [0, 0.05) is 149 Å². The van der Waals surface area contributed by atoms with Crippen LogP contribution in [0.4, 0.5) is 0 Å². The van der Waals surface area contributed by atoms with Gasteiger partial charge in [-0.1, -0.05) is 238 Å². The largest absolute Gasteiger partial charge is 0.305 e. The van der Waals surface area contributed by atoms with E-state index in [4.69, 9.17) is 0 Å². The molecule has 0 saturated carbocycles. The van der Waals surface area contributed by atoms with E-state index in [1.165, 1.54) is 100 Å². The van der Waals surface area contributed by atoms with Crippen molar-refractivity contribution >= 4 is 0 Å². The summed E-state index contributed by atoms with van der Waals surface area (Å²) in [6, 6.07) is 127. The second kappa shape index (κ2) is 47.7. The smallest absolute Gasteiger partial charge is 0.0242 e. The van der Waals surface area contributed by atoms with Crippen LogP contribution in [0.5, 0.6) is 0 Å². The van der Waals surface area contributed by atoms with Crippen LogP contribution in [0.1, 0.15) is 55.6 Å². The van der Waals surface area contributed by atoms with Gasteiger partial charge in [0.1, 0.15) is 0 Å². The molecule has 0 aliphatic rings. The van der Waals surface area contributed by atoms with E-state index in [9.17, 15) is 0 Å². The molecule has 593 valence electrons. The first-order valence-electron chi connectivity index (χ1n) is 37.6. The third-order valence-corrected chi connectivity index (χ3v) is 18.6. The van der Waals surface area contributed by atoms with Gasteiger partial charge < -0.3 is 29.9 Å². The van der Waals surface area contributed by atoms with Gasteiger partial charge in [0.05, 0.1) is 0 Å². The van der Waals surface area contributed by atoms with E-state index in [1.54, 1.807) is 0 Å². The Kier molecular flexibility index (Phi) is 38.2. The Labute approximate surface area is 760 Å². The number of aromatic nitrogens is 6. The number of benzene rings is 11. The van der Waals surface area contributed by atoms with E-state index in [1.807, 2.05) is 140 Å². The van der Waals surface area contributed by atoms with Crippen molar-refractivity contribution in [3.05, 3.63) is 445 Å². The van der Waals surface area contributed by atoms with Gasteiger partial charge in [0.15, 0.2) is 0 Å². The quantitative estimate of drug-likeness (QED) is 0.120. The summed E-state index contributed by atoms with van der Waals surface area (Å²) in [5.74, 6) is 0. The molecule has 0 bridgehead atoms. The van der Waals surface area contributed by atoms with Crippen molar-refractivity contribution in [2.45, 2.75) is 69.2 Å². The number of pyridine rings is 6. The molecule has 0 spiro atoms. The SMILES string of the molecule is Cc1[c-]c(-c2cc(C)c(-c3ccccc3)cn2)cc(C)c1.Cc1[c-]c(-c2cc(C)c(-c3ccccc3)cn2)cc(C)c1.Cc1ccc(-c2cc[c-]c(-c3ccccn3)c2)cc1.Cc1cccnc1-c1[c-]ccc(-c2ccccc2)c1.Cc1cccnc1-c1[c-]cccc1.Cc1ccnc(-c2[c-]ccc(-c3ccccc3)c2)c1.[Ir].[Ir].[Ir].[Ir].[Ir]. The van der Waals surface area contributed by atoms with Crippen molar-refractivity contribution in [3.63, 3.8) is 0 Å². The summed E-state index contributed by atoms with van der Waals surface area (Å²) in [5.41, 5.74) is 36.3. The average molecular weight is 2410 g/mol. The monoisotopic (exact) mass is 2410 g/mol. The summed E-state index contributed by atoms with van der Waals surface area (Å²) < 4.78 is 0. The molecular weight excluding hydrogens is 2320 g/mol. The Morgan fingerprint density at radius 3 is 1.01 bits per heavy atom. The van der Waals surface area contributed by atoms with E-state index < -0.39 is 0 Å². The minimum absolute atomic E-state index is 0. The molecule has 0 fully saturated rings. The van der Waals surface area contributed by atoms with E-state index >= 15 is 0 Å². The first-order chi connectivity index (χ1) is 54.6. The first-order valence-corrected chi connectivity index (χ1v) is 37.6. The van der Waals surface area contributed by atoms with Gasteiger partial charge in [-0.05, 0) is 139 Å². The standard InChI is InChI=1S/2C20H18N.3C18H14N.C12H10N.5Ir/c2*1-14-9-15(2)11-18(10-14)20-12-16(3)19(13-21-20)17-7-5-4-6-8-17;1-14-8-10-15(11-9-14)16-5-4-6-17(13-16)18-7-2-3-12-19-18;1-14-7-6-12-19-18(14)17-11-5-10-16(13-17)15-8-3-2-4-9-15;1-14-10-11-19-18(12-14)17-9-5-8-16(13-17)15-6-3-2-4-7-15;1-10-6-5-9-13-12(10)11-7-3-2-4-8-11;;;;;/h2*4-10,12-13H,1-3H3;2-5,7-13H,1H3;2-10,12-13H,1H3;2-8,10-13H,1H3;2-7,9H,1H3;;;;;/q6*-1;;;;;. The molecule has 11 aromatic carbocycles. The average Bonchev–Trinajstić information content (AvgIpc) is 0.824. The van der Waals surface area contributed by atoms with Crippen LogP contribution in [0.3, 0.4) is 0 Å². The molecule has 0 amide bonds. The molecule has 0 atom stereocenters. The Balaban J connectivity index is 0.000000193. The van der Waals surface area contributed by atoms with Crippen LogP contribution in [-0.2, 0) is 101 Å². The van der Waals surface area contributed by atoms with Crippen molar-refractivity contribution in [2.24, 2.45) is 0 Å². The maximum atomic E-state index is 4.64. The molecule has 0 N–H and O–H groups in total. The van der Waals surface area contributed by atoms with Gasteiger partial charge in [-0.15, -0.1) is 212 Å². The predicted octanol–water partition coefficient (Wildman–Crippen LogP) is 26.7. The van der Waals surface area contributed by atoms with Crippen molar-refractivity contribution in [1.29, 1.82) is 0 Å². The third-order valence-electron chi connectivity index (χ3n) is 18.6. The summed E-state index contributed by atoms with van der Waals surface area (Å²) in [6.45, 7) is 20.9. The van der Waals surface area contributed by atoms with Crippen molar-refractivity contribution < 1.29 is 101 Å². The molecule has 0 unspecified atom stereocenters. The number of nitrogens with zero attached hydrogens (tertiary/aromatic N) is 6. The Bertz CT molecular complexity index is 5700. The first kappa shape index (κ1) is 93.7. The molecule has 17 aromatic rings. The van der Waals surface area contributed by atoms with Crippen LogP contribution >= 0.6 is 0 Å². The summed E-state index contributed by atoms with van der Waals surface area (Å²) >= 11 is 0. The fraction of sp³-hybridized carbons (Fsp3) is 0.0943. The Hall–Kier alpha value is -10.4. The molecule has 6 nitrogen and oxygen atoms in total. The number of hydrogen-bond donors (Lipinski definition) is 0. The van der Waals surface area contributed by atoms with Gasteiger partial charge in [-0.25, -0.2) is 0 Å². The topological polar surface area (TPSA) is 77.3 Å². The van der Waals surface area contributed by atoms with Gasteiger partial charge in [0.25, 0.3) is 0 Å². The van der Waals surface area contributed by atoms with E-state index in [0.717, 1.165) is 78.7 Å². The molecule has 0 aliphatic heterocycles. The minimum Gasteiger partial charge on any atom is -0.305 e. The van der Waals surface area contributed by atoms with Crippen molar-refractivity contribution in [1.82, 2.24) is 29.9 Å². The van der Waals surface area contributed by atoms with Crippen LogP contribution in [0.25, 0.3) is 123 Å². The number of aryl methyl sites for hydroxylation is 10. The van der Waals surface area contributed by atoms with Crippen LogP contribution in [-0.4, -0.2) is 29.9 Å². The molecule has 11 heteroatoms. The van der Waals surface area contributed by atoms with E-state index in [0.29, 0.717) is 0 Å². The second-order valence-electron chi connectivity index (χ2n) is 27.6. The molecule has 0 aliphatic carbocycles. The fourth-order valence-electron chi connectivity index (χ4n) is 13.0. The predicted molar refractivity (Wildman–Crippen MR) is 466 cm³/mol. The van der Waals surface area contributed by atoms with E-state index in [-0.39, 0.29) is 101 Å². The zero-order valence-corrected chi connectivity index (χ0v) is 78.8. The normalized spacial score (nSPS) is 9.97. The van der Waals surface area contributed by atoms with Gasteiger partial charge in [0.2, 0.25) is 0 Å². The van der Waals surface area contributed by atoms with Crippen molar-refractivity contribution in [3.8, 4) is 123 Å². The molecule has 0 saturated heterocycles. The summed E-state index contributed by atoms with van der Waals surface area (Å²) in [5, 5.41) is 0. The molecule has 6 heterocycles. The molecule has 17 rings (SSSR count). The second-order valence-corrected chi connectivity index (χ2v) is 27.6. The zero-order valence-electron chi connectivity index (χ0n) is 66.8. The summed E-state index contributed by atoms with van der Waals surface area (Å²) in [7, 11) is 0. The van der Waals surface area contributed by atoms with Gasteiger partial charge in [-0.2, -0.15) is 0 Å². The molecule has 117 heavy (non-hydrogen) atoms. The maximum absolute atomic E-state index is 4.64. The third kappa shape index (κ3) is 27.3. The summed E-state index contributed by atoms with van der Waals surface area (Å²) in [4.78, 5) is 26.8. The Morgan fingerprint density at radius 2 is 0.590 bits per heavy atom. The van der Waals surface area contributed by atoms with Crippen LogP contribution < -0.4 is 0 Å². The van der Waals surface area contributed by atoms with Gasteiger partial charge in [-0.3, -0.25) is 0 Å². The Morgan fingerprint density at radius 1 is 0.205 bits per heavy atom. The van der Waals surface area contributed by atoms with Crippen LogP contribution in [0.15, 0.2) is 353 Å². The van der Waals surface area contributed by atoms with Crippen molar-refractivity contribution in [2.75, 3.05) is 0 Å². The fourth-order valence-corrected chi connectivity index (χ4v) is 13.0. The molecular formula is C106H88Ir5N6-6. The van der Waals surface area contributed by atoms with Crippen LogP contribution in [0.2, 0.25) is 0 Å². The minimum atomic E-state index is 0. The van der Waals surface area contributed by atoms with E-state index in [2.05, 4.69) is 348 Å².